The molecule has 1 saturated heterocycles. The topological polar surface area (TPSA) is 118 Å². The van der Waals surface area contributed by atoms with E-state index in [1.54, 1.807) is 0 Å². The molecule has 28 heavy (non-hydrogen) atoms. The first-order chi connectivity index (χ1) is 13.6. The Hall–Kier alpha value is -2.82. The number of para-hydroxylation sites is 1. The molecule has 148 valence electrons. The predicted octanol–water partition coefficient (Wildman–Crippen LogP) is -0.164. The summed E-state index contributed by atoms with van der Waals surface area (Å²) < 4.78 is 7.14. The van der Waals surface area contributed by atoms with Gasteiger partial charge >= 0.3 is 5.69 Å². The lowest BCUT2D eigenvalue weighted by molar-refractivity contribution is -0.0447. The minimum atomic E-state index is -0.806. The molecule has 4 heterocycles. The molecule has 1 fully saturated rings. The predicted molar refractivity (Wildman–Crippen MR) is 102 cm³/mol. The molecule has 2 aromatic rings. The molecule has 5 rings (SSSR count). The normalized spacial score (nSPS) is 26.5. The number of aromatic nitrogens is 2. The van der Waals surface area contributed by atoms with Gasteiger partial charge in [0, 0.05) is 12.1 Å². The van der Waals surface area contributed by atoms with Crippen molar-refractivity contribution in [1.82, 2.24) is 14.5 Å². The average molecular weight is 386 g/mol. The largest absolute Gasteiger partial charge is 0.394 e. The van der Waals surface area contributed by atoms with E-state index in [-0.39, 0.29) is 18.7 Å². The molecule has 1 aromatic carbocycles. The van der Waals surface area contributed by atoms with Crippen molar-refractivity contribution in [2.24, 2.45) is 4.99 Å². The summed E-state index contributed by atoms with van der Waals surface area (Å²) >= 11 is 0. The van der Waals surface area contributed by atoms with Crippen LogP contribution in [0, 0.1) is 0 Å². The molecule has 0 saturated carbocycles. The number of aromatic amines is 1. The van der Waals surface area contributed by atoms with Crippen molar-refractivity contribution < 1.29 is 14.9 Å². The zero-order valence-corrected chi connectivity index (χ0v) is 15.2. The molecule has 3 aliphatic heterocycles. The van der Waals surface area contributed by atoms with Gasteiger partial charge in [-0.2, -0.15) is 0 Å². The highest BCUT2D eigenvalue weighted by Crippen LogP contribution is 2.33. The number of fused-ring (bicyclic) bond motifs is 2. The van der Waals surface area contributed by atoms with Crippen LogP contribution in [0.4, 0.5) is 11.5 Å². The van der Waals surface area contributed by atoms with Gasteiger partial charge in [-0.25, -0.2) is 9.79 Å². The molecule has 3 aliphatic rings. The molecule has 0 unspecified atom stereocenters. The Bertz CT molecular complexity index is 955. The molecule has 0 bridgehead atoms. The second kappa shape index (κ2) is 6.66. The number of aliphatic imine (C=N–C) groups is 1. The van der Waals surface area contributed by atoms with E-state index >= 15 is 0 Å². The number of nitrogens with one attached hydrogen (secondary N) is 2. The molecule has 4 N–H and O–H groups in total. The van der Waals surface area contributed by atoms with Crippen molar-refractivity contribution in [3.05, 3.63) is 46.5 Å². The summed E-state index contributed by atoms with van der Waals surface area (Å²) in [5, 5.41) is 22.6. The maximum atomic E-state index is 12.6. The van der Waals surface area contributed by atoms with E-state index in [0.717, 1.165) is 11.4 Å². The van der Waals surface area contributed by atoms with Crippen LogP contribution in [0.25, 0.3) is 0 Å². The molecule has 10 heteroatoms. The van der Waals surface area contributed by atoms with Crippen molar-refractivity contribution in [3.63, 3.8) is 0 Å². The quantitative estimate of drug-likeness (QED) is 0.579. The highest BCUT2D eigenvalue weighted by atomic mass is 16.5. The fourth-order valence-electron chi connectivity index (χ4n) is 3.97. The summed E-state index contributed by atoms with van der Waals surface area (Å²) in [6.45, 7) is 1.37. The van der Waals surface area contributed by atoms with Crippen LogP contribution in [0.5, 0.6) is 0 Å². The molecule has 0 aliphatic carbocycles. The number of aliphatic hydroxyl groups excluding tert-OH is 2. The number of anilines is 2. The Labute approximate surface area is 160 Å². The van der Waals surface area contributed by atoms with Gasteiger partial charge in [-0.3, -0.25) is 4.57 Å². The third-order valence-electron chi connectivity index (χ3n) is 5.41. The van der Waals surface area contributed by atoms with E-state index in [4.69, 9.17) is 4.74 Å². The number of ether oxygens (including phenoxy) is 1. The summed E-state index contributed by atoms with van der Waals surface area (Å²) in [5.41, 5.74) is 1.52. The molecule has 10 nitrogen and oxygen atoms in total. The minimum Gasteiger partial charge on any atom is -0.394 e. The van der Waals surface area contributed by atoms with Crippen LogP contribution in [-0.4, -0.2) is 62.8 Å². The van der Waals surface area contributed by atoms with Crippen LogP contribution in [0.2, 0.25) is 0 Å². The monoisotopic (exact) mass is 386 g/mol. The minimum absolute atomic E-state index is 0.245. The maximum Gasteiger partial charge on any atom is 0.329 e. The van der Waals surface area contributed by atoms with Crippen LogP contribution in [0.3, 0.4) is 0 Å². The lowest BCUT2D eigenvalue weighted by Crippen LogP contribution is -2.51. The van der Waals surface area contributed by atoms with Gasteiger partial charge in [-0.15, -0.1) is 0 Å². The van der Waals surface area contributed by atoms with Gasteiger partial charge in [-0.1, -0.05) is 18.2 Å². The zero-order valence-electron chi connectivity index (χ0n) is 15.2. The number of guanidine groups is 1. The highest BCUT2D eigenvalue weighted by molar-refractivity contribution is 5.96. The fourth-order valence-corrected chi connectivity index (χ4v) is 3.97. The van der Waals surface area contributed by atoms with E-state index in [1.165, 1.54) is 4.57 Å². The first kappa shape index (κ1) is 17.3. The maximum absolute atomic E-state index is 12.6. The number of hydrogen-bond acceptors (Lipinski definition) is 8. The number of rotatable bonds is 3. The van der Waals surface area contributed by atoms with Gasteiger partial charge in [0.15, 0.2) is 0 Å². The molecule has 0 radical (unpaired) electrons. The third kappa shape index (κ3) is 2.77. The van der Waals surface area contributed by atoms with E-state index in [1.807, 2.05) is 30.3 Å². The third-order valence-corrected chi connectivity index (χ3v) is 5.41. The average Bonchev–Trinajstić information content (AvgIpc) is 3.24. The van der Waals surface area contributed by atoms with E-state index in [2.05, 4.69) is 25.1 Å². The molecular weight excluding hydrogens is 364 g/mol. The number of benzene rings is 1. The molecule has 3 atom stereocenters. The Morgan fingerprint density at radius 1 is 1.25 bits per heavy atom. The van der Waals surface area contributed by atoms with E-state index < -0.39 is 18.4 Å². The van der Waals surface area contributed by atoms with Crippen LogP contribution >= 0.6 is 0 Å². The lowest BCUT2D eigenvalue weighted by atomic mass is 10.2. The van der Waals surface area contributed by atoms with Gasteiger partial charge in [0.05, 0.1) is 31.6 Å². The number of H-pyrrole nitrogens is 1. The van der Waals surface area contributed by atoms with Crippen molar-refractivity contribution >= 4 is 17.5 Å². The molecule has 1 aromatic heterocycles. The van der Waals surface area contributed by atoms with Crippen LogP contribution in [-0.2, 0) is 11.3 Å². The summed E-state index contributed by atoms with van der Waals surface area (Å²) in [4.78, 5) is 24.3. The Morgan fingerprint density at radius 2 is 2.07 bits per heavy atom. The van der Waals surface area contributed by atoms with Gasteiger partial charge < -0.3 is 35.1 Å². The van der Waals surface area contributed by atoms with E-state index in [9.17, 15) is 15.0 Å². The Morgan fingerprint density at radius 3 is 2.82 bits per heavy atom. The summed E-state index contributed by atoms with van der Waals surface area (Å²) in [6.07, 6.45) is -1.88. The first-order valence-electron chi connectivity index (χ1n) is 9.28. The van der Waals surface area contributed by atoms with Gasteiger partial charge in [-0.05, 0) is 12.1 Å². The fraction of sp³-hybridized carbons (Fsp3) is 0.444. The van der Waals surface area contributed by atoms with Gasteiger partial charge in [0.1, 0.15) is 24.8 Å². The van der Waals surface area contributed by atoms with Crippen LogP contribution in [0.1, 0.15) is 18.3 Å². The number of nitrogens with zero attached hydrogens (tertiary/aromatic N) is 4. The standard InChI is InChI=1S/C18H22N6O4/c25-8-14-13(26)6-15(28-14)24-16-12(20-18(24)27)7-22-10-23(9-19-17(22)21-16)11-4-2-1-3-5-11/h1-5,13-15,25-26H,6-10H2,(H,19,21)(H,20,27)/t13-,14+,15+/m0/s1. The van der Waals surface area contributed by atoms with Crippen molar-refractivity contribution in [2.75, 3.05) is 30.2 Å². The summed E-state index contributed by atoms with van der Waals surface area (Å²) in [7, 11) is 0. The summed E-state index contributed by atoms with van der Waals surface area (Å²) in [5.74, 6) is 1.30. The highest BCUT2D eigenvalue weighted by Gasteiger charge is 2.38. The first-order valence-corrected chi connectivity index (χ1v) is 9.28. The number of hydrogen-bond donors (Lipinski definition) is 4. The van der Waals surface area contributed by atoms with Gasteiger partial charge in [0.2, 0.25) is 5.96 Å². The van der Waals surface area contributed by atoms with Crippen LogP contribution in [0.15, 0.2) is 40.1 Å². The van der Waals surface area contributed by atoms with Crippen molar-refractivity contribution in [1.29, 1.82) is 0 Å². The van der Waals surface area contributed by atoms with Crippen molar-refractivity contribution in [2.45, 2.75) is 31.4 Å². The molecule has 0 amide bonds. The number of imidazole rings is 1. The second-order valence-electron chi connectivity index (χ2n) is 7.21. The second-order valence-corrected chi connectivity index (χ2v) is 7.21. The Balaban J connectivity index is 1.41. The van der Waals surface area contributed by atoms with Crippen molar-refractivity contribution in [3.8, 4) is 0 Å². The SMILES string of the molecule is O=c1[nH]c2c(n1[C@H]1C[C@H](O)[C@@H](CO)O1)NC1=NCN(c3ccccc3)CN1C2. The lowest BCUT2D eigenvalue weighted by Gasteiger charge is -2.39. The molecular formula is C18H22N6O4. The number of aliphatic hydroxyl groups is 2. The van der Waals surface area contributed by atoms with Crippen LogP contribution < -0.4 is 15.9 Å². The zero-order chi connectivity index (χ0) is 19.3. The smallest absolute Gasteiger partial charge is 0.329 e. The summed E-state index contributed by atoms with van der Waals surface area (Å²) in [6, 6.07) is 10.1. The molecule has 0 spiro atoms. The van der Waals surface area contributed by atoms with E-state index in [0.29, 0.717) is 31.7 Å². The van der Waals surface area contributed by atoms with Gasteiger partial charge in [0.25, 0.3) is 0 Å². The Kier molecular flexibility index (Phi) is 4.11.